The van der Waals surface area contributed by atoms with Crippen LogP contribution in [0.2, 0.25) is 0 Å². The molecule has 5 nitrogen and oxygen atoms in total. The summed E-state index contributed by atoms with van der Waals surface area (Å²) in [6.07, 6.45) is 2.04. The van der Waals surface area contributed by atoms with E-state index >= 15 is 0 Å². The van der Waals surface area contributed by atoms with E-state index in [0.29, 0.717) is 12.8 Å². The van der Waals surface area contributed by atoms with Crippen LogP contribution in [-0.2, 0) is 21.1 Å². The number of carbonyl (C=O) groups excluding carboxylic acids is 1. The molecule has 112 valence electrons. The Balaban J connectivity index is 2.41. The van der Waals surface area contributed by atoms with Crippen molar-refractivity contribution < 1.29 is 13.2 Å². The van der Waals surface area contributed by atoms with E-state index in [2.05, 4.69) is 5.32 Å². The van der Waals surface area contributed by atoms with Crippen molar-refractivity contribution in [3.8, 4) is 0 Å². The molecule has 0 aliphatic heterocycles. The second-order valence-electron chi connectivity index (χ2n) is 5.12. The second kappa shape index (κ2) is 7.40. The molecule has 0 aliphatic carbocycles. The summed E-state index contributed by atoms with van der Waals surface area (Å²) < 4.78 is 22.1. The third-order valence-electron chi connectivity index (χ3n) is 2.95. The van der Waals surface area contributed by atoms with Crippen LogP contribution in [0.1, 0.15) is 18.9 Å². The van der Waals surface area contributed by atoms with Crippen molar-refractivity contribution in [3.05, 3.63) is 35.9 Å². The second-order valence-corrected chi connectivity index (χ2v) is 7.38. The molecule has 1 aromatic rings. The highest BCUT2D eigenvalue weighted by molar-refractivity contribution is 7.90. The molecule has 20 heavy (non-hydrogen) atoms. The van der Waals surface area contributed by atoms with Gasteiger partial charge in [-0.2, -0.15) is 0 Å². The lowest BCUT2D eigenvalue weighted by Gasteiger charge is -2.17. The van der Waals surface area contributed by atoms with E-state index in [4.69, 9.17) is 5.73 Å². The van der Waals surface area contributed by atoms with E-state index in [1.807, 2.05) is 30.3 Å². The van der Waals surface area contributed by atoms with E-state index in [1.54, 1.807) is 6.92 Å². The average molecular weight is 298 g/mol. The van der Waals surface area contributed by atoms with Crippen LogP contribution in [0.25, 0.3) is 0 Å². The van der Waals surface area contributed by atoms with Gasteiger partial charge in [0.05, 0.1) is 11.8 Å². The largest absolute Gasteiger partial charge is 0.352 e. The minimum atomic E-state index is -3.01. The molecule has 6 heteroatoms. The van der Waals surface area contributed by atoms with Gasteiger partial charge in [-0.05, 0) is 25.3 Å². The zero-order chi connectivity index (χ0) is 15.2. The molecule has 1 unspecified atom stereocenters. The van der Waals surface area contributed by atoms with Crippen LogP contribution < -0.4 is 11.1 Å². The molecule has 1 amide bonds. The van der Waals surface area contributed by atoms with Gasteiger partial charge in [-0.15, -0.1) is 0 Å². The van der Waals surface area contributed by atoms with Crippen molar-refractivity contribution in [2.75, 3.05) is 12.0 Å². The standard InChI is InChI=1S/C14H22N2O3S/c1-11(8-9-20(2,18)19)16-14(17)13(15)10-12-6-4-3-5-7-12/h3-7,11,13H,8-10,15H2,1-2H3,(H,16,17)/t11?,13-/m0/s1. The lowest BCUT2D eigenvalue weighted by atomic mass is 10.1. The summed E-state index contributed by atoms with van der Waals surface area (Å²) in [5.41, 5.74) is 6.85. The first-order valence-electron chi connectivity index (χ1n) is 6.55. The molecule has 3 N–H and O–H groups in total. The molecule has 1 rings (SSSR count). The first-order chi connectivity index (χ1) is 9.28. The smallest absolute Gasteiger partial charge is 0.237 e. The Morgan fingerprint density at radius 2 is 1.90 bits per heavy atom. The van der Waals surface area contributed by atoms with Gasteiger partial charge in [0.25, 0.3) is 0 Å². The van der Waals surface area contributed by atoms with Gasteiger partial charge in [-0.3, -0.25) is 4.79 Å². The Morgan fingerprint density at radius 1 is 1.30 bits per heavy atom. The zero-order valence-electron chi connectivity index (χ0n) is 11.9. The maximum Gasteiger partial charge on any atom is 0.237 e. The number of benzene rings is 1. The fraction of sp³-hybridized carbons (Fsp3) is 0.500. The maximum atomic E-state index is 11.9. The molecule has 1 aromatic carbocycles. The van der Waals surface area contributed by atoms with Gasteiger partial charge in [-0.25, -0.2) is 8.42 Å². The van der Waals surface area contributed by atoms with Crippen LogP contribution in [0.4, 0.5) is 0 Å². The molecule has 0 spiro atoms. The summed E-state index contributed by atoms with van der Waals surface area (Å²) in [5.74, 6) is -0.197. The van der Waals surface area contributed by atoms with Crippen molar-refractivity contribution in [2.45, 2.75) is 31.8 Å². The molecule has 0 fully saturated rings. The number of nitrogens with one attached hydrogen (secondary N) is 1. The Morgan fingerprint density at radius 3 is 2.45 bits per heavy atom. The predicted molar refractivity (Wildman–Crippen MR) is 80.1 cm³/mol. The number of carbonyl (C=O) groups is 1. The van der Waals surface area contributed by atoms with E-state index in [-0.39, 0.29) is 17.7 Å². The van der Waals surface area contributed by atoms with Gasteiger partial charge >= 0.3 is 0 Å². The summed E-state index contributed by atoms with van der Waals surface area (Å²) in [5, 5.41) is 2.74. The third-order valence-corrected chi connectivity index (χ3v) is 3.92. The van der Waals surface area contributed by atoms with Crippen molar-refractivity contribution in [1.82, 2.24) is 5.32 Å². The van der Waals surface area contributed by atoms with E-state index < -0.39 is 15.9 Å². The lowest BCUT2D eigenvalue weighted by Crippen LogP contribution is -2.45. The molecule has 0 aromatic heterocycles. The van der Waals surface area contributed by atoms with Crippen LogP contribution in [-0.4, -0.2) is 38.4 Å². The Bertz CT molecular complexity index is 529. The fourth-order valence-electron chi connectivity index (χ4n) is 1.77. The van der Waals surface area contributed by atoms with Crippen LogP contribution in [0.3, 0.4) is 0 Å². The summed E-state index contributed by atoms with van der Waals surface area (Å²) in [7, 11) is -3.01. The number of sulfone groups is 1. The molecule has 0 saturated carbocycles. The lowest BCUT2D eigenvalue weighted by molar-refractivity contribution is -0.122. The normalized spacial score (nSPS) is 14.6. The number of amides is 1. The number of nitrogens with two attached hydrogens (primary N) is 1. The van der Waals surface area contributed by atoms with Gasteiger partial charge < -0.3 is 11.1 Å². The van der Waals surface area contributed by atoms with Gasteiger partial charge in [0.2, 0.25) is 5.91 Å². The van der Waals surface area contributed by atoms with E-state index in [9.17, 15) is 13.2 Å². The van der Waals surface area contributed by atoms with Crippen LogP contribution >= 0.6 is 0 Å². The quantitative estimate of drug-likeness (QED) is 0.767. The monoisotopic (exact) mass is 298 g/mol. The van der Waals surface area contributed by atoms with Crippen molar-refractivity contribution in [1.29, 1.82) is 0 Å². The highest BCUT2D eigenvalue weighted by atomic mass is 32.2. The minimum Gasteiger partial charge on any atom is -0.352 e. The zero-order valence-corrected chi connectivity index (χ0v) is 12.7. The topological polar surface area (TPSA) is 89.3 Å². The van der Waals surface area contributed by atoms with Gasteiger partial charge in [0.15, 0.2) is 0 Å². The van der Waals surface area contributed by atoms with E-state index in [1.165, 1.54) is 6.26 Å². The highest BCUT2D eigenvalue weighted by Gasteiger charge is 2.17. The van der Waals surface area contributed by atoms with E-state index in [0.717, 1.165) is 5.56 Å². The van der Waals surface area contributed by atoms with Crippen LogP contribution in [0.5, 0.6) is 0 Å². The predicted octanol–water partition coefficient (Wildman–Crippen LogP) is 0.496. The maximum absolute atomic E-state index is 11.9. The molecular formula is C14H22N2O3S. The Labute approximate surface area is 120 Å². The highest BCUT2D eigenvalue weighted by Crippen LogP contribution is 2.03. The van der Waals surface area contributed by atoms with Crippen molar-refractivity contribution >= 4 is 15.7 Å². The molecule has 0 radical (unpaired) electrons. The Kier molecular flexibility index (Phi) is 6.16. The van der Waals surface area contributed by atoms with Crippen molar-refractivity contribution in [2.24, 2.45) is 5.73 Å². The number of hydrogen-bond acceptors (Lipinski definition) is 4. The van der Waals surface area contributed by atoms with Gasteiger partial charge in [0.1, 0.15) is 9.84 Å². The average Bonchev–Trinajstić information content (AvgIpc) is 2.36. The summed E-state index contributed by atoms with van der Waals surface area (Å²) in [6, 6.07) is 8.70. The summed E-state index contributed by atoms with van der Waals surface area (Å²) >= 11 is 0. The molecule has 2 atom stereocenters. The van der Waals surface area contributed by atoms with Crippen LogP contribution in [0, 0.1) is 0 Å². The number of hydrogen-bond donors (Lipinski definition) is 2. The first-order valence-corrected chi connectivity index (χ1v) is 8.61. The van der Waals surface area contributed by atoms with Crippen LogP contribution in [0.15, 0.2) is 30.3 Å². The molecule has 0 bridgehead atoms. The molecular weight excluding hydrogens is 276 g/mol. The third kappa shape index (κ3) is 6.68. The fourth-order valence-corrected chi connectivity index (χ4v) is 2.56. The van der Waals surface area contributed by atoms with Gasteiger partial charge in [0, 0.05) is 12.3 Å². The SMILES string of the molecule is CC(CCS(C)(=O)=O)NC(=O)[C@@H](N)Cc1ccccc1. The molecule has 0 aliphatic rings. The first kappa shape index (κ1) is 16.7. The minimum absolute atomic E-state index is 0.0579. The summed E-state index contributed by atoms with van der Waals surface area (Å²) in [6.45, 7) is 1.78. The van der Waals surface area contributed by atoms with Gasteiger partial charge in [-0.1, -0.05) is 30.3 Å². The molecule has 0 saturated heterocycles. The summed E-state index contributed by atoms with van der Waals surface area (Å²) in [4.78, 5) is 11.9. The molecule has 0 heterocycles. The van der Waals surface area contributed by atoms with Crippen molar-refractivity contribution in [3.63, 3.8) is 0 Å². The number of rotatable bonds is 7. The Hall–Kier alpha value is -1.40.